The van der Waals surface area contributed by atoms with Crippen molar-refractivity contribution < 1.29 is 14.4 Å². The van der Waals surface area contributed by atoms with E-state index in [9.17, 15) is 15.3 Å². The molecule has 0 saturated carbocycles. The van der Waals surface area contributed by atoms with Crippen molar-refractivity contribution in [2.75, 3.05) is 0 Å². The zero-order valence-electron chi connectivity index (χ0n) is 10.4. The lowest BCUT2D eigenvalue weighted by Gasteiger charge is -2.06. The van der Waals surface area contributed by atoms with Crippen LogP contribution >= 0.6 is 0 Å². The second-order valence-electron chi connectivity index (χ2n) is 3.97. The molecule has 7 nitrogen and oxygen atoms in total. The maximum atomic E-state index is 11.4. The third-order valence-corrected chi connectivity index (χ3v) is 2.47. The molecule has 2 rings (SSSR count). The molecule has 2 heterocycles. The number of aromatic nitrogens is 2. The minimum atomic E-state index is -0.582. The number of nitrogens with zero attached hydrogens (tertiary/aromatic N) is 3. The number of rotatable bonds is 3. The van der Waals surface area contributed by atoms with Gasteiger partial charge in [0.2, 0.25) is 6.20 Å². The van der Waals surface area contributed by atoms with Gasteiger partial charge in [0.05, 0.1) is 4.92 Å². The predicted octanol–water partition coefficient (Wildman–Crippen LogP) is 2.03. The largest absolute Gasteiger partial charge is 0.618 e. The first kappa shape index (κ1) is 12.7. The summed E-state index contributed by atoms with van der Waals surface area (Å²) in [7, 11) is 0. The van der Waals surface area contributed by atoms with Crippen LogP contribution in [0.5, 0.6) is 11.6 Å². The Bertz CT molecular complexity index is 643. The number of nitro groups is 1. The van der Waals surface area contributed by atoms with Gasteiger partial charge in [-0.05, 0) is 19.1 Å². The van der Waals surface area contributed by atoms with Crippen LogP contribution in [0.1, 0.15) is 11.4 Å². The molecule has 0 amide bonds. The van der Waals surface area contributed by atoms with Crippen LogP contribution < -0.4 is 9.47 Å². The van der Waals surface area contributed by atoms with Crippen molar-refractivity contribution in [1.82, 2.24) is 4.98 Å². The van der Waals surface area contributed by atoms with Gasteiger partial charge in [0.1, 0.15) is 0 Å². The van der Waals surface area contributed by atoms with Crippen LogP contribution in [-0.4, -0.2) is 9.91 Å². The molecule has 0 saturated heterocycles. The van der Waals surface area contributed by atoms with Gasteiger partial charge in [0.25, 0.3) is 5.88 Å². The Morgan fingerprint density at radius 1 is 1.26 bits per heavy atom. The van der Waals surface area contributed by atoms with E-state index in [1.165, 1.54) is 18.3 Å². The molecule has 19 heavy (non-hydrogen) atoms. The predicted molar refractivity (Wildman–Crippen MR) is 65.8 cm³/mol. The molecule has 0 unspecified atom stereocenters. The number of hydrogen-bond acceptors (Lipinski definition) is 5. The monoisotopic (exact) mass is 261 g/mol. The van der Waals surface area contributed by atoms with Crippen LogP contribution in [-0.2, 0) is 0 Å². The zero-order valence-corrected chi connectivity index (χ0v) is 10.4. The molecule has 0 aromatic carbocycles. The number of aryl methyl sites for hydroxylation is 2. The summed E-state index contributed by atoms with van der Waals surface area (Å²) in [6.45, 7) is 3.34. The van der Waals surface area contributed by atoms with Crippen molar-refractivity contribution in [3.05, 3.63) is 57.2 Å². The molecule has 0 radical (unpaired) electrons. The molecule has 7 heteroatoms. The summed E-state index contributed by atoms with van der Waals surface area (Å²) < 4.78 is 5.94. The van der Waals surface area contributed by atoms with Crippen LogP contribution in [0.4, 0.5) is 5.69 Å². The Kier molecular flexibility index (Phi) is 3.28. The van der Waals surface area contributed by atoms with E-state index >= 15 is 0 Å². The lowest BCUT2D eigenvalue weighted by atomic mass is 10.3. The lowest BCUT2D eigenvalue weighted by Crippen LogP contribution is -2.28. The molecule has 98 valence electrons. The van der Waals surface area contributed by atoms with E-state index in [4.69, 9.17) is 4.74 Å². The van der Waals surface area contributed by atoms with Crippen molar-refractivity contribution in [3.63, 3.8) is 0 Å². The van der Waals surface area contributed by atoms with Gasteiger partial charge in [-0.1, -0.05) is 0 Å². The fourth-order valence-electron chi connectivity index (χ4n) is 1.45. The molecule has 0 aliphatic rings. The zero-order chi connectivity index (χ0) is 14.0. The van der Waals surface area contributed by atoms with Crippen molar-refractivity contribution in [2.45, 2.75) is 13.8 Å². The van der Waals surface area contributed by atoms with E-state index in [-0.39, 0.29) is 17.3 Å². The molecule has 0 aliphatic heterocycles. The van der Waals surface area contributed by atoms with Gasteiger partial charge in [-0.15, -0.1) is 0 Å². The number of pyridine rings is 2. The quantitative estimate of drug-likeness (QED) is 0.365. The Labute approximate surface area is 108 Å². The molecule has 0 atom stereocenters. The summed E-state index contributed by atoms with van der Waals surface area (Å²) in [6.07, 6.45) is 1.20. The molecule has 0 N–H and O–H groups in total. The fraction of sp³-hybridized carbons (Fsp3) is 0.167. The van der Waals surface area contributed by atoms with E-state index in [1.807, 2.05) is 0 Å². The topological polar surface area (TPSA) is 92.2 Å². The van der Waals surface area contributed by atoms with E-state index in [0.717, 1.165) is 0 Å². The molecule has 0 fully saturated rings. The van der Waals surface area contributed by atoms with Crippen molar-refractivity contribution >= 4 is 5.69 Å². The standard InChI is InChI=1S/C12H11N3O4/c1-8-3-6-11(15(17)18)12(13-8)19-10-5-4-9(2)14(16)7-10/h3-7H,1-2H3. The summed E-state index contributed by atoms with van der Waals surface area (Å²) in [4.78, 5) is 14.2. The summed E-state index contributed by atoms with van der Waals surface area (Å²) in [5, 5.41) is 22.3. The highest BCUT2D eigenvalue weighted by Gasteiger charge is 2.18. The van der Waals surface area contributed by atoms with Crippen LogP contribution in [0, 0.1) is 29.2 Å². The van der Waals surface area contributed by atoms with Gasteiger partial charge >= 0.3 is 5.69 Å². The Hall–Kier alpha value is -2.70. The average molecular weight is 261 g/mol. The van der Waals surface area contributed by atoms with Crippen molar-refractivity contribution in [2.24, 2.45) is 0 Å². The van der Waals surface area contributed by atoms with Crippen LogP contribution in [0.15, 0.2) is 30.5 Å². The second-order valence-corrected chi connectivity index (χ2v) is 3.97. The fourth-order valence-corrected chi connectivity index (χ4v) is 1.45. The highest BCUT2D eigenvalue weighted by Crippen LogP contribution is 2.28. The van der Waals surface area contributed by atoms with Gasteiger partial charge in [-0.25, -0.2) is 4.98 Å². The third-order valence-electron chi connectivity index (χ3n) is 2.47. The Balaban J connectivity index is 2.39. The summed E-state index contributed by atoms with van der Waals surface area (Å²) in [5.74, 6) is 0.0654. The van der Waals surface area contributed by atoms with E-state index < -0.39 is 4.92 Å². The van der Waals surface area contributed by atoms with Crippen molar-refractivity contribution in [1.29, 1.82) is 0 Å². The van der Waals surface area contributed by atoms with Gasteiger partial charge in [-0.3, -0.25) is 10.1 Å². The number of hydrogen-bond donors (Lipinski definition) is 0. The second kappa shape index (κ2) is 4.89. The van der Waals surface area contributed by atoms with Crippen molar-refractivity contribution in [3.8, 4) is 11.6 Å². The van der Waals surface area contributed by atoms with Gasteiger partial charge in [-0.2, -0.15) is 4.73 Å². The lowest BCUT2D eigenvalue weighted by molar-refractivity contribution is -0.612. The average Bonchev–Trinajstić information content (AvgIpc) is 2.33. The molecule has 2 aromatic heterocycles. The van der Waals surface area contributed by atoms with Gasteiger partial charge in [0.15, 0.2) is 11.4 Å². The number of ether oxygens (including phenoxy) is 1. The third kappa shape index (κ3) is 2.76. The molecule has 0 aliphatic carbocycles. The Morgan fingerprint density at radius 3 is 2.63 bits per heavy atom. The Morgan fingerprint density at radius 2 is 2.00 bits per heavy atom. The molecule has 2 aromatic rings. The minimum absolute atomic E-state index is 0.131. The molecule has 0 spiro atoms. The van der Waals surface area contributed by atoms with E-state index in [1.54, 1.807) is 26.0 Å². The molecular weight excluding hydrogens is 250 g/mol. The first-order valence-corrected chi connectivity index (χ1v) is 5.47. The first-order valence-electron chi connectivity index (χ1n) is 5.47. The highest BCUT2D eigenvalue weighted by molar-refractivity contribution is 5.43. The first-order chi connectivity index (χ1) is 8.97. The van der Waals surface area contributed by atoms with E-state index in [0.29, 0.717) is 16.1 Å². The SMILES string of the molecule is Cc1ccc([N+](=O)[O-])c(Oc2ccc(C)[n+]([O-])c2)n1. The highest BCUT2D eigenvalue weighted by atomic mass is 16.6. The van der Waals surface area contributed by atoms with Gasteiger partial charge < -0.3 is 9.94 Å². The van der Waals surface area contributed by atoms with Crippen LogP contribution in [0.3, 0.4) is 0 Å². The van der Waals surface area contributed by atoms with Crippen LogP contribution in [0.2, 0.25) is 0 Å². The maximum Gasteiger partial charge on any atom is 0.331 e. The maximum absolute atomic E-state index is 11.4. The normalized spacial score (nSPS) is 10.2. The molecular formula is C12H11N3O4. The summed E-state index contributed by atoms with van der Waals surface area (Å²) in [5.41, 5.74) is 0.838. The van der Waals surface area contributed by atoms with Gasteiger partial charge in [0, 0.05) is 24.8 Å². The smallest absolute Gasteiger partial charge is 0.331 e. The van der Waals surface area contributed by atoms with Crippen LogP contribution in [0.25, 0.3) is 0 Å². The summed E-state index contributed by atoms with van der Waals surface area (Å²) in [6, 6.07) is 5.95. The van der Waals surface area contributed by atoms with E-state index in [2.05, 4.69) is 4.98 Å². The molecule has 0 bridgehead atoms. The minimum Gasteiger partial charge on any atom is -0.618 e. The summed E-state index contributed by atoms with van der Waals surface area (Å²) >= 11 is 0.